The van der Waals surface area contributed by atoms with E-state index in [2.05, 4.69) is 5.32 Å². The zero-order valence-electron chi connectivity index (χ0n) is 19.5. The van der Waals surface area contributed by atoms with Crippen molar-refractivity contribution in [1.82, 2.24) is 5.32 Å². The molecule has 186 valence electrons. The van der Waals surface area contributed by atoms with Crippen LogP contribution in [0.2, 0.25) is 5.02 Å². The molecule has 0 saturated heterocycles. The monoisotopic (exact) mass is 622 g/mol. The Balaban J connectivity index is 2.26. The fraction of sp³-hybridized carbons (Fsp3) is 0.417. The molecule has 0 aliphatic rings. The van der Waals surface area contributed by atoms with E-state index in [4.69, 9.17) is 11.6 Å². The van der Waals surface area contributed by atoms with Crippen LogP contribution in [0.3, 0.4) is 0 Å². The Kier molecular flexibility index (Phi) is 10.3. The van der Waals surface area contributed by atoms with Gasteiger partial charge in [-0.25, -0.2) is 12.8 Å². The van der Waals surface area contributed by atoms with Crippen LogP contribution in [0.15, 0.2) is 47.4 Å². The molecule has 0 aliphatic carbocycles. The molecule has 0 radical (unpaired) electrons. The molecule has 0 spiro atoms. The summed E-state index contributed by atoms with van der Waals surface area (Å²) in [5.41, 5.74) is -0.0600. The fourth-order valence-corrected chi connectivity index (χ4v) is 5.92. The number of hydrogen-bond donors (Lipinski definition) is 1. The minimum atomic E-state index is -4.12. The highest BCUT2D eigenvalue weighted by atomic mass is 127. The van der Waals surface area contributed by atoms with E-state index in [-0.39, 0.29) is 34.6 Å². The standard InChI is InChI=1S/C24H29ClFIN2O4S/c1-15(2)24(17(4)30)28-23(31)7-5-6-16(3)29(22-14-19(27)10-13-21(22)26)34(32,33)20-11-8-18(25)9-12-20/h8-16,24H,5-7H2,1-4H3,(H,28,31)/t16-,24-/m1/s1. The van der Waals surface area contributed by atoms with Crippen molar-refractivity contribution in [2.24, 2.45) is 5.92 Å². The Morgan fingerprint density at radius 2 is 1.74 bits per heavy atom. The molecule has 0 unspecified atom stereocenters. The Morgan fingerprint density at radius 3 is 2.29 bits per heavy atom. The number of hydrogen-bond acceptors (Lipinski definition) is 4. The number of rotatable bonds is 11. The number of Topliss-reactive ketones (excluding diaryl/α,β-unsaturated/α-hetero) is 1. The first kappa shape index (κ1) is 28.5. The summed E-state index contributed by atoms with van der Waals surface area (Å²) < 4.78 is 43.6. The number of benzene rings is 2. The molecule has 2 rings (SSSR count). The average molecular weight is 623 g/mol. The summed E-state index contributed by atoms with van der Waals surface area (Å²) in [6.07, 6.45) is 0.774. The summed E-state index contributed by atoms with van der Waals surface area (Å²) in [4.78, 5) is 24.1. The number of ketones is 1. The van der Waals surface area contributed by atoms with E-state index in [1.807, 2.05) is 36.4 Å². The van der Waals surface area contributed by atoms with Gasteiger partial charge < -0.3 is 5.32 Å². The van der Waals surface area contributed by atoms with Crippen molar-refractivity contribution in [3.05, 3.63) is 56.9 Å². The average Bonchev–Trinajstić information content (AvgIpc) is 2.74. The van der Waals surface area contributed by atoms with Gasteiger partial charge in [-0.1, -0.05) is 25.4 Å². The van der Waals surface area contributed by atoms with Gasteiger partial charge >= 0.3 is 0 Å². The summed E-state index contributed by atoms with van der Waals surface area (Å²) in [6.45, 7) is 6.81. The maximum Gasteiger partial charge on any atom is 0.264 e. The van der Waals surface area contributed by atoms with E-state index < -0.39 is 27.9 Å². The minimum Gasteiger partial charge on any atom is -0.346 e. The lowest BCUT2D eigenvalue weighted by Gasteiger charge is -2.31. The van der Waals surface area contributed by atoms with Gasteiger partial charge in [0.2, 0.25) is 5.91 Å². The second-order valence-electron chi connectivity index (χ2n) is 8.49. The zero-order valence-corrected chi connectivity index (χ0v) is 23.2. The van der Waals surface area contributed by atoms with Crippen LogP contribution in [0.4, 0.5) is 10.1 Å². The van der Waals surface area contributed by atoms with E-state index in [1.165, 1.54) is 43.3 Å². The van der Waals surface area contributed by atoms with Crippen LogP contribution < -0.4 is 9.62 Å². The number of amides is 1. The number of halogens is 3. The third-order valence-electron chi connectivity index (χ3n) is 5.36. The van der Waals surface area contributed by atoms with Gasteiger partial charge in [-0.3, -0.25) is 13.9 Å². The van der Waals surface area contributed by atoms with Crippen LogP contribution >= 0.6 is 34.2 Å². The van der Waals surface area contributed by atoms with Gasteiger partial charge in [0.05, 0.1) is 16.6 Å². The molecule has 1 amide bonds. The minimum absolute atomic E-state index is 0.0130. The summed E-state index contributed by atoms with van der Waals surface area (Å²) >= 11 is 7.91. The van der Waals surface area contributed by atoms with Crippen LogP contribution in [0, 0.1) is 15.3 Å². The number of nitrogens with zero attached hydrogens (tertiary/aromatic N) is 1. The maximum atomic E-state index is 14.8. The van der Waals surface area contributed by atoms with Crippen LogP contribution in [0.1, 0.15) is 47.0 Å². The highest BCUT2D eigenvalue weighted by Gasteiger charge is 2.31. The molecule has 0 fully saturated rings. The Morgan fingerprint density at radius 1 is 1.12 bits per heavy atom. The Bertz CT molecular complexity index is 1130. The van der Waals surface area contributed by atoms with Crippen molar-refractivity contribution < 1.29 is 22.4 Å². The van der Waals surface area contributed by atoms with Gasteiger partial charge in [0.15, 0.2) is 5.78 Å². The molecule has 34 heavy (non-hydrogen) atoms. The highest BCUT2D eigenvalue weighted by molar-refractivity contribution is 14.1. The summed E-state index contributed by atoms with van der Waals surface area (Å²) in [5.74, 6) is -1.10. The number of anilines is 1. The maximum absolute atomic E-state index is 14.8. The van der Waals surface area contributed by atoms with Crippen molar-refractivity contribution >= 4 is 61.6 Å². The molecule has 6 nitrogen and oxygen atoms in total. The third-order valence-corrected chi connectivity index (χ3v) is 8.23. The Labute approximate surface area is 219 Å². The van der Waals surface area contributed by atoms with Crippen molar-refractivity contribution in [2.75, 3.05) is 4.31 Å². The summed E-state index contributed by atoms with van der Waals surface area (Å²) in [7, 11) is -4.12. The number of nitrogens with one attached hydrogen (secondary N) is 1. The summed E-state index contributed by atoms with van der Waals surface area (Å²) in [6, 6.07) is 8.75. The second kappa shape index (κ2) is 12.3. The first-order chi connectivity index (χ1) is 15.8. The molecular weight excluding hydrogens is 594 g/mol. The normalized spacial score (nSPS) is 13.4. The first-order valence-corrected chi connectivity index (χ1v) is 13.8. The van der Waals surface area contributed by atoms with E-state index in [9.17, 15) is 22.4 Å². The van der Waals surface area contributed by atoms with Gasteiger partial charge in [-0.15, -0.1) is 0 Å². The van der Waals surface area contributed by atoms with Crippen molar-refractivity contribution in [3.63, 3.8) is 0 Å². The molecule has 0 aromatic heterocycles. The number of sulfonamides is 1. The lowest BCUT2D eigenvalue weighted by molar-refractivity contribution is -0.127. The van der Waals surface area contributed by atoms with Crippen molar-refractivity contribution in [3.8, 4) is 0 Å². The first-order valence-electron chi connectivity index (χ1n) is 10.9. The Hall–Kier alpha value is -1.72. The third kappa shape index (κ3) is 7.39. The van der Waals surface area contributed by atoms with Crippen LogP contribution in [0.25, 0.3) is 0 Å². The van der Waals surface area contributed by atoms with Crippen LogP contribution in [0.5, 0.6) is 0 Å². The van der Waals surface area contributed by atoms with Gasteiger partial charge in [0.25, 0.3) is 10.0 Å². The van der Waals surface area contributed by atoms with Crippen LogP contribution in [-0.4, -0.2) is 32.2 Å². The van der Waals surface area contributed by atoms with Gasteiger partial charge in [-0.05, 0) is 97.7 Å². The molecule has 2 atom stereocenters. The second-order valence-corrected chi connectivity index (χ2v) is 12.0. The van der Waals surface area contributed by atoms with Crippen LogP contribution in [-0.2, 0) is 19.6 Å². The van der Waals surface area contributed by atoms with Gasteiger partial charge in [0.1, 0.15) is 5.82 Å². The molecule has 1 N–H and O–H groups in total. The van der Waals surface area contributed by atoms with E-state index in [1.54, 1.807) is 13.0 Å². The topological polar surface area (TPSA) is 83.6 Å². The van der Waals surface area contributed by atoms with Crippen molar-refractivity contribution in [1.29, 1.82) is 0 Å². The fourth-order valence-electron chi connectivity index (χ4n) is 3.64. The molecule has 0 bridgehead atoms. The molecule has 0 aliphatic heterocycles. The molecule has 2 aromatic carbocycles. The van der Waals surface area contributed by atoms with E-state index in [0.717, 1.165) is 4.31 Å². The summed E-state index contributed by atoms with van der Waals surface area (Å²) in [5, 5.41) is 3.12. The smallest absolute Gasteiger partial charge is 0.264 e. The molecule has 10 heteroatoms. The SMILES string of the molecule is CC(=O)[C@H](NC(=O)CCC[C@@H](C)N(c1cc(I)ccc1F)S(=O)(=O)c1ccc(Cl)cc1)C(C)C. The number of carbonyl (C=O) groups is 2. The zero-order chi connectivity index (χ0) is 25.6. The predicted molar refractivity (Wildman–Crippen MR) is 141 cm³/mol. The molecule has 0 heterocycles. The largest absolute Gasteiger partial charge is 0.346 e. The molecule has 0 saturated carbocycles. The lowest BCUT2D eigenvalue weighted by Crippen LogP contribution is -2.43. The quantitative estimate of drug-likeness (QED) is 0.333. The van der Waals surface area contributed by atoms with Gasteiger partial charge in [-0.2, -0.15) is 0 Å². The predicted octanol–water partition coefficient (Wildman–Crippen LogP) is 5.57. The van der Waals surface area contributed by atoms with E-state index in [0.29, 0.717) is 21.4 Å². The van der Waals surface area contributed by atoms with Crippen molar-refractivity contribution in [2.45, 2.75) is 63.9 Å². The molecular formula is C24H29ClFIN2O4S. The highest BCUT2D eigenvalue weighted by Crippen LogP contribution is 2.32. The lowest BCUT2D eigenvalue weighted by atomic mass is 10.0. The van der Waals surface area contributed by atoms with E-state index >= 15 is 0 Å². The van der Waals surface area contributed by atoms with Gasteiger partial charge in [0, 0.05) is 21.1 Å². The number of carbonyl (C=O) groups excluding carboxylic acids is 2. The molecule has 2 aromatic rings.